The van der Waals surface area contributed by atoms with Crippen LogP contribution in [-0.2, 0) is 39.3 Å². The summed E-state index contributed by atoms with van der Waals surface area (Å²) in [4.78, 5) is 2.36. The molecular weight excluding hydrogens is 652 g/mol. The van der Waals surface area contributed by atoms with E-state index in [1.807, 2.05) is 97.1 Å². The number of nitrogens with zero attached hydrogens (tertiary/aromatic N) is 2. The first-order valence-electron chi connectivity index (χ1n) is 15.8. The van der Waals surface area contributed by atoms with E-state index < -0.39 is 0 Å². The van der Waals surface area contributed by atoms with Crippen LogP contribution in [0.15, 0.2) is 140 Å². The number of benzene rings is 6. The van der Waals surface area contributed by atoms with Crippen molar-refractivity contribution < 1.29 is 31.3 Å². The molecule has 0 bridgehead atoms. The zero-order valence-corrected chi connectivity index (χ0v) is 30.3. The molecule has 0 fully saturated rings. The van der Waals surface area contributed by atoms with Gasteiger partial charge in [-0.1, -0.05) is 108 Å². The zero-order valence-electron chi connectivity index (χ0n) is 27.9. The molecule has 3 nitrogen and oxygen atoms in total. The molecule has 0 spiro atoms. The minimum absolute atomic E-state index is 0. The Labute approximate surface area is 301 Å². The summed E-state index contributed by atoms with van der Waals surface area (Å²) in [7, 11) is 0. The number of aromatic hydroxyl groups is 1. The Bertz CT molecular complexity index is 1710. The molecular formula is C43H45N2OZr. The minimum Gasteiger partial charge on any atom is -0.683 e. The summed E-state index contributed by atoms with van der Waals surface area (Å²) >= 11 is 0. The first-order chi connectivity index (χ1) is 22.3. The molecule has 0 amide bonds. The van der Waals surface area contributed by atoms with Crippen LogP contribution in [0, 0.1) is 34.6 Å². The standard InChI is InChI=1S/C29H31N2O.2C7H7.Zr/c1-21-17-22(2)28(23(3)18-21)30-15-16-31(19-24-9-5-4-6-10-24)20-26-14-13-25-11-7-8-12-27(25)29(26)32;2*1-7-5-3-2-4-6-7;/h4-14,17-18,32H,15-16,19-20H2,1-3H3;2*2-6H,1H2;/q3*-1;+3. The van der Waals surface area contributed by atoms with Gasteiger partial charge in [0.15, 0.2) is 0 Å². The summed E-state index contributed by atoms with van der Waals surface area (Å²) in [5.41, 5.74) is 9.18. The molecule has 47 heavy (non-hydrogen) atoms. The fourth-order valence-corrected chi connectivity index (χ4v) is 5.41. The van der Waals surface area contributed by atoms with Crippen molar-refractivity contribution in [3.05, 3.63) is 198 Å². The van der Waals surface area contributed by atoms with Gasteiger partial charge in [0.2, 0.25) is 0 Å². The number of phenolic OH excluding ortho intramolecular Hbond substituents is 1. The predicted octanol–water partition coefficient (Wildman–Crippen LogP) is 10.9. The second-order valence-electron chi connectivity index (χ2n) is 11.6. The molecule has 1 radical (unpaired) electrons. The molecule has 0 saturated carbocycles. The van der Waals surface area contributed by atoms with Crippen LogP contribution in [0.3, 0.4) is 0 Å². The van der Waals surface area contributed by atoms with Gasteiger partial charge in [-0.05, 0) is 38.3 Å². The van der Waals surface area contributed by atoms with Gasteiger partial charge in [-0.2, -0.15) is 49.2 Å². The van der Waals surface area contributed by atoms with Crippen LogP contribution in [0.25, 0.3) is 16.1 Å². The van der Waals surface area contributed by atoms with Gasteiger partial charge in [0.1, 0.15) is 5.75 Å². The largest absolute Gasteiger partial charge is 3.00 e. The summed E-state index contributed by atoms with van der Waals surface area (Å²) in [6, 6.07) is 46.8. The van der Waals surface area contributed by atoms with Gasteiger partial charge in [-0.25, -0.2) is 0 Å². The van der Waals surface area contributed by atoms with E-state index in [2.05, 4.69) is 82.0 Å². The predicted molar refractivity (Wildman–Crippen MR) is 197 cm³/mol. The van der Waals surface area contributed by atoms with Crippen molar-refractivity contribution in [2.75, 3.05) is 13.1 Å². The van der Waals surface area contributed by atoms with E-state index in [0.29, 0.717) is 18.8 Å². The Balaban J connectivity index is 0.000000329. The fourth-order valence-electron chi connectivity index (χ4n) is 5.41. The third kappa shape index (κ3) is 12.1. The first kappa shape index (κ1) is 37.2. The zero-order chi connectivity index (χ0) is 32.7. The maximum Gasteiger partial charge on any atom is 3.00 e. The second kappa shape index (κ2) is 19.4. The monoisotopic (exact) mass is 695 g/mol. The summed E-state index contributed by atoms with van der Waals surface area (Å²) < 4.78 is 0. The third-order valence-electron chi connectivity index (χ3n) is 7.63. The quantitative estimate of drug-likeness (QED) is 0.161. The second-order valence-corrected chi connectivity index (χ2v) is 11.6. The molecule has 6 rings (SSSR count). The van der Waals surface area contributed by atoms with Crippen molar-refractivity contribution in [3.8, 4) is 5.75 Å². The average molecular weight is 697 g/mol. The number of rotatable bonds is 8. The molecule has 0 aliphatic heterocycles. The molecule has 0 saturated heterocycles. The van der Waals surface area contributed by atoms with Crippen LogP contribution in [-0.4, -0.2) is 23.1 Å². The Morgan fingerprint density at radius 1 is 0.617 bits per heavy atom. The van der Waals surface area contributed by atoms with Crippen molar-refractivity contribution in [2.24, 2.45) is 0 Å². The maximum atomic E-state index is 10.9. The molecule has 237 valence electrons. The topological polar surface area (TPSA) is 37.6 Å². The van der Waals surface area contributed by atoms with Crippen LogP contribution in [0.5, 0.6) is 5.75 Å². The summed E-state index contributed by atoms with van der Waals surface area (Å²) in [5, 5.41) is 17.8. The van der Waals surface area contributed by atoms with Crippen LogP contribution in [0.1, 0.15) is 38.9 Å². The van der Waals surface area contributed by atoms with Crippen LogP contribution < -0.4 is 0 Å². The van der Waals surface area contributed by atoms with Gasteiger partial charge < -0.3 is 10.4 Å². The smallest absolute Gasteiger partial charge is 0.683 e. The van der Waals surface area contributed by atoms with E-state index in [1.54, 1.807) is 0 Å². The van der Waals surface area contributed by atoms with E-state index >= 15 is 0 Å². The molecule has 0 aromatic heterocycles. The van der Waals surface area contributed by atoms with Crippen molar-refractivity contribution in [1.29, 1.82) is 0 Å². The Morgan fingerprint density at radius 3 is 1.66 bits per heavy atom. The van der Waals surface area contributed by atoms with Crippen molar-refractivity contribution in [3.63, 3.8) is 0 Å². The van der Waals surface area contributed by atoms with Gasteiger partial charge >= 0.3 is 26.2 Å². The fraction of sp³-hybridized carbons (Fsp3) is 0.163. The molecule has 6 aromatic carbocycles. The molecule has 0 heterocycles. The van der Waals surface area contributed by atoms with Crippen molar-refractivity contribution >= 4 is 16.5 Å². The molecule has 0 aliphatic rings. The van der Waals surface area contributed by atoms with E-state index in [-0.39, 0.29) is 26.2 Å². The van der Waals surface area contributed by atoms with Crippen LogP contribution in [0.4, 0.5) is 5.69 Å². The number of aryl methyl sites for hydroxylation is 3. The normalized spacial score (nSPS) is 10.2. The van der Waals surface area contributed by atoms with E-state index in [9.17, 15) is 5.11 Å². The first-order valence-corrected chi connectivity index (χ1v) is 15.8. The number of phenols is 1. The van der Waals surface area contributed by atoms with Crippen molar-refractivity contribution in [2.45, 2.75) is 33.9 Å². The van der Waals surface area contributed by atoms with Gasteiger partial charge in [0.25, 0.3) is 0 Å². The van der Waals surface area contributed by atoms with Gasteiger partial charge in [0.05, 0.1) is 0 Å². The molecule has 6 aromatic rings. The van der Waals surface area contributed by atoms with Gasteiger partial charge in [0, 0.05) is 24.0 Å². The average Bonchev–Trinajstić information content (AvgIpc) is 3.05. The molecule has 0 aliphatic carbocycles. The molecule has 1 N–H and O–H groups in total. The molecule has 0 atom stereocenters. The SMILES string of the molecule is Cc1cc(C)c([N-]CCN(Cc2ccccc2)Cc2ccc3ccccc3c2O)c(C)c1.[CH2-]c1ccccc1.[CH2-]c1ccccc1.[Zr+3]. The maximum absolute atomic E-state index is 10.9. The third-order valence-corrected chi connectivity index (χ3v) is 7.63. The Hall–Kier alpha value is -4.24. The van der Waals surface area contributed by atoms with E-state index in [1.165, 1.54) is 22.3 Å². The van der Waals surface area contributed by atoms with Gasteiger partial charge in [-0.3, -0.25) is 4.90 Å². The van der Waals surface area contributed by atoms with E-state index in [0.717, 1.165) is 46.2 Å². The Morgan fingerprint density at radius 2 is 1.13 bits per heavy atom. The van der Waals surface area contributed by atoms with E-state index in [4.69, 9.17) is 5.32 Å². The van der Waals surface area contributed by atoms with Crippen LogP contribution >= 0.6 is 0 Å². The van der Waals surface area contributed by atoms with Crippen LogP contribution in [0.2, 0.25) is 0 Å². The Kier molecular flexibility index (Phi) is 15.4. The number of fused-ring (bicyclic) bond motifs is 1. The molecule has 0 unspecified atom stereocenters. The van der Waals surface area contributed by atoms with Gasteiger partial charge in [-0.15, -0.1) is 36.5 Å². The summed E-state index contributed by atoms with van der Waals surface area (Å²) in [6.07, 6.45) is 0. The summed E-state index contributed by atoms with van der Waals surface area (Å²) in [6.45, 7) is 16.8. The number of hydrogen-bond donors (Lipinski definition) is 1. The minimum atomic E-state index is 0. The molecule has 4 heteroatoms. The summed E-state index contributed by atoms with van der Waals surface area (Å²) in [5.74, 6) is 0.378. The van der Waals surface area contributed by atoms with Crippen molar-refractivity contribution in [1.82, 2.24) is 4.90 Å². The number of hydrogen-bond acceptors (Lipinski definition) is 2.